The molecule has 0 bridgehead atoms. The van der Waals surface area contributed by atoms with E-state index in [0.717, 1.165) is 31.2 Å². The Kier molecular flexibility index (Phi) is 3.72. The molecule has 1 aliphatic heterocycles. The molecule has 0 spiro atoms. The average Bonchev–Trinajstić information content (AvgIpc) is 2.80. The van der Waals surface area contributed by atoms with Gasteiger partial charge in [-0.2, -0.15) is 5.10 Å². The Hall–Kier alpha value is -1.03. The van der Waals surface area contributed by atoms with Gasteiger partial charge in [-0.15, -0.1) is 0 Å². The fraction of sp³-hybridized carbons (Fsp3) is 0.769. The van der Waals surface area contributed by atoms with Crippen molar-refractivity contribution in [2.24, 2.45) is 13.0 Å². The summed E-state index contributed by atoms with van der Waals surface area (Å²) in [5.41, 5.74) is 2.52. The third kappa shape index (κ3) is 2.46. The summed E-state index contributed by atoms with van der Waals surface area (Å²) in [7, 11) is 2.06. The van der Waals surface area contributed by atoms with Crippen LogP contribution in [0.2, 0.25) is 0 Å². The van der Waals surface area contributed by atoms with Crippen molar-refractivity contribution < 1.29 is 0 Å². The van der Waals surface area contributed by atoms with Crippen molar-refractivity contribution in [3.05, 3.63) is 11.3 Å². The van der Waals surface area contributed by atoms with Gasteiger partial charge in [-0.1, -0.05) is 13.8 Å². The molecule has 17 heavy (non-hydrogen) atoms. The van der Waals surface area contributed by atoms with E-state index < -0.39 is 0 Å². The monoisotopic (exact) mass is 236 g/mol. The molecule has 1 unspecified atom stereocenters. The van der Waals surface area contributed by atoms with Crippen molar-refractivity contribution in [3.8, 4) is 0 Å². The predicted molar refractivity (Wildman–Crippen MR) is 71.3 cm³/mol. The van der Waals surface area contributed by atoms with Crippen molar-refractivity contribution >= 4 is 5.82 Å². The molecule has 0 amide bonds. The van der Waals surface area contributed by atoms with Gasteiger partial charge in [0.05, 0.1) is 5.69 Å². The molecular weight excluding hydrogens is 212 g/mol. The second kappa shape index (κ2) is 5.08. The first-order chi connectivity index (χ1) is 8.13. The number of rotatable bonds is 4. The predicted octanol–water partition coefficient (Wildman–Crippen LogP) is 1.68. The van der Waals surface area contributed by atoms with E-state index in [1.165, 1.54) is 24.3 Å². The minimum atomic E-state index is 0.803. The lowest BCUT2D eigenvalue weighted by atomic mass is 10.2. The molecule has 1 N–H and O–H groups in total. The summed E-state index contributed by atoms with van der Waals surface area (Å²) >= 11 is 0. The summed E-state index contributed by atoms with van der Waals surface area (Å²) in [5.74, 6) is 2.12. The standard InChI is InChI=1S/C13H24N4/c1-5-14-8-12-11(3)15-16(4)13(12)17-7-6-10(2)9-17/h10,14H,5-9H2,1-4H3. The lowest BCUT2D eigenvalue weighted by molar-refractivity contribution is 0.654. The molecule has 1 aromatic heterocycles. The molecule has 1 aromatic rings. The van der Waals surface area contributed by atoms with E-state index in [0.29, 0.717) is 0 Å². The topological polar surface area (TPSA) is 33.1 Å². The van der Waals surface area contributed by atoms with Gasteiger partial charge in [0, 0.05) is 32.2 Å². The number of hydrogen-bond donors (Lipinski definition) is 1. The van der Waals surface area contributed by atoms with Gasteiger partial charge in [0.25, 0.3) is 0 Å². The highest BCUT2D eigenvalue weighted by Crippen LogP contribution is 2.28. The van der Waals surface area contributed by atoms with E-state index in [2.05, 4.69) is 43.1 Å². The molecule has 2 rings (SSSR count). The van der Waals surface area contributed by atoms with Crippen LogP contribution in [0.3, 0.4) is 0 Å². The molecule has 0 aliphatic carbocycles. The Labute approximate surface area is 104 Å². The Morgan fingerprint density at radius 1 is 1.47 bits per heavy atom. The summed E-state index contributed by atoms with van der Waals surface area (Å²) in [6, 6.07) is 0. The van der Waals surface area contributed by atoms with Crippen molar-refractivity contribution in [1.29, 1.82) is 0 Å². The van der Waals surface area contributed by atoms with Gasteiger partial charge < -0.3 is 10.2 Å². The first-order valence-corrected chi connectivity index (χ1v) is 6.61. The van der Waals surface area contributed by atoms with Crippen LogP contribution in [0.25, 0.3) is 0 Å². The third-order valence-corrected chi connectivity index (χ3v) is 3.59. The van der Waals surface area contributed by atoms with Crippen molar-refractivity contribution in [1.82, 2.24) is 15.1 Å². The van der Waals surface area contributed by atoms with Crippen LogP contribution in [-0.2, 0) is 13.6 Å². The van der Waals surface area contributed by atoms with Gasteiger partial charge in [-0.25, -0.2) is 0 Å². The van der Waals surface area contributed by atoms with E-state index in [4.69, 9.17) is 0 Å². The van der Waals surface area contributed by atoms with Crippen LogP contribution in [0.5, 0.6) is 0 Å². The van der Waals surface area contributed by atoms with Crippen LogP contribution in [0.4, 0.5) is 5.82 Å². The van der Waals surface area contributed by atoms with Gasteiger partial charge in [0.1, 0.15) is 5.82 Å². The molecule has 4 heteroatoms. The smallest absolute Gasteiger partial charge is 0.131 e. The molecule has 1 aliphatic rings. The Morgan fingerprint density at radius 2 is 2.24 bits per heavy atom. The zero-order valence-corrected chi connectivity index (χ0v) is 11.5. The highest BCUT2D eigenvalue weighted by molar-refractivity contribution is 5.51. The zero-order valence-electron chi connectivity index (χ0n) is 11.5. The number of hydrogen-bond acceptors (Lipinski definition) is 3. The molecule has 0 aromatic carbocycles. The molecule has 0 radical (unpaired) electrons. The number of aryl methyl sites for hydroxylation is 2. The fourth-order valence-electron chi connectivity index (χ4n) is 2.67. The van der Waals surface area contributed by atoms with Gasteiger partial charge >= 0.3 is 0 Å². The van der Waals surface area contributed by atoms with Crippen LogP contribution in [0.1, 0.15) is 31.5 Å². The molecule has 2 heterocycles. The van der Waals surface area contributed by atoms with Crippen molar-refractivity contribution in [3.63, 3.8) is 0 Å². The molecule has 1 fully saturated rings. The minimum Gasteiger partial charge on any atom is -0.356 e. The van der Waals surface area contributed by atoms with Crippen molar-refractivity contribution in [2.75, 3.05) is 24.5 Å². The Morgan fingerprint density at radius 3 is 2.82 bits per heavy atom. The zero-order chi connectivity index (χ0) is 12.4. The largest absolute Gasteiger partial charge is 0.356 e. The highest BCUT2D eigenvalue weighted by Gasteiger charge is 2.25. The number of anilines is 1. The molecule has 1 atom stereocenters. The van der Waals surface area contributed by atoms with Gasteiger partial charge in [0.2, 0.25) is 0 Å². The molecule has 0 saturated carbocycles. The summed E-state index contributed by atoms with van der Waals surface area (Å²) < 4.78 is 2.04. The number of nitrogens with zero attached hydrogens (tertiary/aromatic N) is 3. The van der Waals surface area contributed by atoms with Gasteiger partial charge in [0.15, 0.2) is 0 Å². The maximum absolute atomic E-state index is 4.57. The van der Waals surface area contributed by atoms with Crippen LogP contribution < -0.4 is 10.2 Å². The van der Waals surface area contributed by atoms with Gasteiger partial charge in [-0.3, -0.25) is 4.68 Å². The summed E-state index contributed by atoms with van der Waals surface area (Å²) in [4.78, 5) is 2.48. The molecule has 96 valence electrons. The van der Waals surface area contributed by atoms with E-state index in [-0.39, 0.29) is 0 Å². The third-order valence-electron chi connectivity index (χ3n) is 3.59. The fourth-order valence-corrected chi connectivity index (χ4v) is 2.67. The van der Waals surface area contributed by atoms with E-state index in [9.17, 15) is 0 Å². The van der Waals surface area contributed by atoms with Crippen LogP contribution in [0, 0.1) is 12.8 Å². The quantitative estimate of drug-likeness (QED) is 0.863. The van der Waals surface area contributed by atoms with Crippen LogP contribution in [-0.4, -0.2) is 29.4 Å². The average molecular weight is 236 g/mol. The van der Waals surface area contributed by atoms with Gasteiger partial charge in [-0.05, 0) is 25.8 Å². The highest BCUT2D eigenvalue weighted by atomic mass is 15.4. The summed E-state index contributed by atoms with van der Waals surface area (Å²) in [5, 5.41) is 7.98. The second-order valence-electron chi connectivity index (χ2n) is 5.13. The van der Waals surface area contributed by atoms with E-state index >= 15 is 0 Å². The van der Waals surface area contributed by atoms with Crippen LogP contribution in [0.15, 0.2) is 0 Å². The summed E-state index contributed by atoms with van der Waals surface area (Å²) in [6.45, 7) is 10.8. The molecular formula is C13H24N4. The normalized spacial score (nSPS) is 20.2. The van der Waals surface area contributed by atoms with Crippen molar-refractivity contribution in [2.45, 2.75) is 33.7 Å². The lowest BCUT2D eigenvalue weighted by Gasteiger charge is -2.20. The SMILES string of the molecule is CCNCc1c(C)nn(C)c1N1CCC(C)C1. The number of nitrogens with one attached hydrogen (secondary N) is 1. The van der Waals surface area contributed by atoms with E-state index in [1.54, 1.807) is 0 Å². The lowest BCUT2D eigenvalue weighted by Crippen LogP contribution is -2.24. The second-order valence-corrected chi connectivity index (χ2v) is 5.13. The Bertz CT molecular complexity index is 383. The maximum Gasteiger partial charge on any atom is 0.131 e. The first-order valence-electron chi connectivity index (χ1n) is 6.61. The minimum absolute atomic E-state index is 0.803. The van der Waals surface area contributed by atoms with Crippen LogP contribution >= 0.6 is 0 Å². The first kappa shape index (κ1) is 12.4. The Balaban J connectivity index is 2.24. The maximum atomic E-state index is 4.57. The summed E-state index contributed by atoms with van der Waals surface area (Å²) in [6.07, 6.45) is 1.30. The molecule has 1 saturated heterocycles. The van der Waals surface area contributed by atoms with E-state index in [1.807, 2.05) is 4.68 Å². The molecule has 4 nitrogen and oxygen atoms in total. The number of aromatic nitrogens is 2.